The molecule has 0 aliphatic heterocycles. The number of benzene rings is 3. The van der Waals surface area contributed by atoms with Crippen LogP contribution in [0.2, 0.25) is 0 Å². The average molecular weight is 549 g/mol. The summed E-state index contributed by atoms with van der Waals surface area (Å²) in [5.74, 6) is -1.77. The lowest BCUT2D eigenvalue weighted by atomic mass is 10.1. The van der Waals surface area contributed by atoms with Gasteiger partial charge in [0.05, 0.1) is 5.56 Å². The molecular weight excluding hydrogens is 525 g/mol. The zero-order valence-corrected chi connectivity index (χ0v) is 20.8. The number of amides is 3. The first-order chi connectivity index (χ1) is 19.1. The third-order valence-electron chi connectivity index (χ3n) is 5.83. The molecule has 204 valence electrons. The number of urea groups is 1. The number of aliphatic carboxylic acids is 1. The molecule has 0 aliphatic rings. The van der Waals surface area contributed by atoms with Crippen LogP contribution in [0.25, 0.3) is 11.1 Å². The van der Waals surface area contributed by atoms with Crippen molar-refractivity contribution < 1.29 is 32.7 Å². The maximum atomic E-state index is 12.7. The summed E-state index contributed by atoms with van der Waals surface area (Å²) >= 11 is 0. The van der Waals surface area contributed by atoms with Gasteiger partial charge in [-0.2, -0.15) is 13.2 Å². The van der Waals surface area contributed by atoms with Crippen molar-refractivity contribution in [3.8, 4) is 11.1 Å². The number of carboxylic acids is 1. The number of nitrogens with one attached hydrogen (secondary N) is 3. The van der Waals surface area contributed by atoms with Crippen molar-refractivity contribution in [2.45, 2.75) is 18.6 Å². The highest BCUT2D eigenvalue weighted by molar-refractivity contribution is 6.00. The number of anilines is 2. The molecule has 0 unspecified atom stereocenters. The fourth-order valence-electron chi connectivity index (χ4n) is 3.76. The van der Waals surface area contributed by atoms with Crippen LogP contribution < -0.4 is 16.0 Å². The van der Waals surface area contributed by atoms with Crippen molar-refractivity contribution in [2.24, 2.45) is 0 Å². The number of halogens is 3. The SMILES string of the molecule is O=C(Nc1ccc(-c2ccc(C(=O)N[C@@H](Cc3ccccc3)C(=O)O)nc2)cc1)Nc1ccc(C(F)(F)F)cc1. The van der Waals surface area contributed by atoms with Crippen molar-refractivity contribution in [2.75, 3.05) is 10.6 Å². The summed E-state index contributed by atoms with van der Waals surface area (Å²) in [6, 6.07) is 21.1. The highest BCUT2D eigenvalue weighted by Gasteiger charge is 2.30. The molecule has 4 N–H and O–H groups in total. The molecule has 11 heteroatoms. The second kappa shape index (κ2) is 12.1. The first-order valence-corrected chi connectivity index (χ1v) is 12.0. The average Bonchev–Trinajstić information content (AvgIpc) is 2.93. The Bertz CT molecular complexity index is 1480. The van der Waals surface area contributed by atoms with E-state index < -0.39 is 35.7 Å². The molecule has 3 amide bonds. The molecule has 0 bridgehead atoms. The zero-order valence-electron chi connectivity index (χ0n) is 20.8. The van der Waals surface area contributed by atoms with Crippen LogP contribution in [-0.4, -0.2) is 34.0 Å². The van der Waals surface area contributed by atoms with Gasteiger partial charge in [0.15, 0.2) is 0 Å². The van der Waals surface area contributed by atoms with Gasteiger partial charge in [-0.3, -0.25) is 9.78 Å². The summed E-state index contributed by atoms with van der Waals surface area (Å²) in [6.45, 7) is 0. The van der Waals surface area contributed by atoms with Crippen LogP contribution in [0.3, 0.4) is 0 Å². The van der Waals surface area contributed by atoms with Gasteiger partial charge in [-0.25, -0.2) is 9.59 Å². The highest BCUT2D eigenvalue weighted by Crippen LogP contribution is 2.30. The second-order valence-corrected chi connectivity index (χ2v) is 8.72. The van der Waals surface area contributed by atoms with E-state index >= 15 is 0 Å². The minimum atomic E-state index is -4.46. The molecule has 1 atom stereocenters. The van der Waals surface area contributed by atoms with Gasteiger partial charge < -0.3 is 21.1 Å². The van der Waals surface area contributed by atoms with Gasteiger partial charge in [0, 0.05) is 29.6 Å². The van der Waals surface area contributed by atoms with Gasteiger partial charge in [0.2, 0.25) is 0 Å². The van der Waals surface area contributed by atoms with Crippen molar-refractivity contribution in [1.82, 2.24) is 10.3 Å². The molecular formula is C29H23F3N4O4. The van der Waals surface area contributed by atoms with Crippen LogP contribution in [0, 0.1) is 0 Å². The summed E-state index contributed by atoms with van der Waals surface area (Å²) in [4.78, 5) is 40.6. The number of alkyl halides is 3. The van der Waals surface area contributed by atoms with E-state index in [1.54, 1.807) is 54.6 Å². The molecule has 3 aromatic carbocycles. The van der Waals surface area contributed by atoms with Crippen molar-refractivity contribution in [1.29, 1.82) is 0 Å². The Morgan fingerprint density at radius 3 is 1.88 bits per heavy atom. The number of carbonyl (C=O) groups is 3. The number of pyridine rings is 1. The standard InChI is InChI=1S/C29H23F3N4O4/c30-29(31,32)21-9-13-23(14-10-21)35-28(40)34-22-11-6-19(7-12-22)20-8-15-24(33-17-20)26(37)36-25(27(38)39)16-18-4-2-1-3-5-18/h1-15,17,25H,16H2,(H,36,37)(H,38,39)(H2,34,35,40)/t25-/m0/s1. The molecule has 0 radical (unpaired) electrons. The molecule has 1 heterocycles. The summed E-state index contributed by atoms with van der Waals surface area (Å²) < 4.78 is 38.0. The Labute approximate surface area is 226 Å². The fourth-order valence-corrected chi connectivity index (χ4v) is 3.76. The van der Waals surface area contributed by atoms with Crippen LogP contribution in [0.4, 0.5) is 29.3 Å². The summed E-state index contributed by atoms with van der Waals surface area (Å²) in [5, 5.41) is 17.1. The third-order valence-corrected chi connectivity index (χ3v) is 5.83. The summed E-state index contributed by atoms with van der Waals surface area (Å²) in [6.07, 6.45) is -2.86. The van der Waals surface area contributed by atoms with Crippen molar-refractivity contribution in [3.63, 3.8) is 0 Å². The van der Waals surface area contributed by atoms with Crippen LogP contribution >= 0.6 is 0 Å². The molecule has 40 heavy (non-hydrogen) atoms. The minimum absolute atomic E-state index is 0.0567. The normalized spacial score (nSPS) is 11.8. The highest BCUT2D eigenvalue weighted by atomic mass is 19.4. The van der Waals surface area contributed by atoms with Crippen LogP contribution in [-0.2, 0) is 17.4 Å². The Morgan fingerprint density at radius 1 is 0.775 bits per heavy atom. The Balaban J connectivity index is 1.33. The van der Waals surface area contributed by atoms with Crippen molar-refractivity contribution >= 4 is 29.3 Å². The van der Waals surface area contributed by atoms with Gasteiger partial charge in [-0.15, -0.1) is 0 Å². The van der Waals surface area contributed by atoms with Crippen LogP contribution in [0.15, 0.2) is 97.2 Å². The third kappa shape index (κ3) is 7.44. The topological polar surface area (TPSA) is 120 Å². The predicted molar refractivity (Wildman–Crippen MR) is 143 cm³/mol. The molecule has 8 nitrogen and oxygen atoms in total. The minimum Gasteiger partial charge on any atom is -0.480 e. The first-order valence-electron chi connectivity index (χ1n) is 12.0. The van der Waals surface area contributed by atoms with E-state index in [1.165, 1.54) is 12.3 Å². The molecule has 1 aromatic heterocycles. The Hall–Kier alpha value is -5.19. The van der Waals surface area contributed by atoms with Gasteiger partial charge >= 0.3 is 18.2 Å². The Kier molecular flexibility index (Phi) is 8.43. The number of carboxylic acid groups (broad SMARTS) is 1. The van der Waals surface area contributed by atoms with Crippen LogP contribution in [0.1, 0.15) is 21.6 Å². The fraction of sp³-hybridized carbons (Fsp3) is 0.103. The van der Waals surface area contributed by atoms with Crippen LogP contribution in [0.5, 0.6) is 0 Å². The van der Waals surface area contributed by atoms with Gasteiger partial charge in [-0.1, -0.05) is 48.5 Å². The molecule has 0 fully saturated rings. The number of hydrogen-bond acceptors (Lipinski definition) is 4. The van der Waals surface area contributed by atoms with Gasteiger partial charge in [0.25, 0.3) is 5.91 Å². The quantitative estimate of drug-likeness (QED) is 0.221. The number of rotatable bonds is 8. The molecule has 0 aliphatic carbocycles. The number of hydrogen-bond donors (Lipinski definition) is 4. The maximum Gasteiger partial charge on any atom is 0.416 e. The van der Waals surface area contributed by atoms with E-state index in [9.17, 15) is 32.7 Å². The van der Waals surface area contributed by atoms with E-state index in [0.717, 1.165) is 35.4 Å². The molecule has 4 aromatic rings. The number of nitrogens with zero attached hydrogens (tertiary/aromatic N) is 1. The molecule has 0 saturated carbocycles. The van der Waals surface area contributed by atoms with E-state index in [0.29, 0.717) is 11.3 Å². The maximum absolute atomic E-state index is 12.7. The lowest BCUT2D eigenvalue weighted by Crippen LogP contribution is -2.42. The number of carbonyl (C=O) groups excluding carboxylic acids is 2. The smallest absolute Gasteiger partial charge is 0.416 e. The van der Waals surface area contributed by atoms with E-state index in [2.05, 4.69) is 20.9 Å². The van der Waals surface area contributed by atoms with Gasteiger partial charge in [0.1, 0.15) is 11.7 Å². The molecule has 0 saturated heterocycles. The summed E-state index contributed by atoms with van der Waals surface area (Å²) in [7, 11) is 0. The Morgan fingerprint density at radius 2 is 1.35 bits per heavy atom. The van der Waals surface area contributed by atoms with Crippen molar-refractivity contribution in [3.05, 3.63) is 114 Å². The zero-order chi connectivity index (χ0) is 28.7. The second-order valence-electron chi connectivity index (χ2n) is 8.72. The predicted octanol–water partition coefficient (Wildman–Crippen LogP) is 5.84. The molecule has 0 spiro atoms. The first kappa shape index (κ1) is 27.8. The van der Waals surface area contributed by atoms with Gasteiger partial charge in [-0.05, 0) is 53.6 Å². The lowest BCUT2D eigenvalue weighted by Gasteiger charge is -2.14. The number of aromatic nitrogens is 1. The lowest BCUT2D eigenvalue weighted by molar-refractivity contribution is -0.139. The van der Waals surface area contributed by atoms with E-state index in [1.807, 2.05) is 6.07 Å². The summed E-state index contributed by atoms with van der Waals surface area (Å²) in [5.41, 5.74) is 2.07. The van der Waals surface area contributed by atoms with E-state index in [4.69, 9.17) is 0 Å². The molecule has 4 rings (SSSR count). The largest absolute Gasteiger partial charge is 0.480 e. The monoisotopic (exact) mass is 548 g/mol. The van der Waals surface area contributed by atoms with E-state index in [-0.39, 0.29) is 17.8 Å².